The average molecular weight is 399 g/mol. The largest absolute Gasteiger partial charge is 0.348 e. The van der Waals surface area contributed by atoms with Gasteiger partial charge in [0.1, 0.15) is 6.54 Å². The number of aryl methyl sites for hydroxylation is 3. The van der Waals surface area contributed by atoms with Crippen LogP contribution in [-0.2, 0) is 17.8 Å². The number of nitrogens with zero attached hydrogens (tertiary/aromatic N) is 4. The highest BCUT2D eigenvalue weighted by atomic mass is 16.2. The van der Waals surface area contributed by atoms with Crippen molar-refractivity contribution < 1.29 is 4.79 Å². The molecule has 0 unspecified atom stereocenters. The highest BCUT2D eigenvalue weighted by Gasteiger charge is 2.23. The van der Waals surface area contributed by atoms with Crippen molar-refractivity contribution in [3.63, 3.8) is 0 Å². The van der Waals surface area contributed by atoms with Gasteiger partial charge >= 0.3 is 0 Å². The molecule has 1 atom stereocenters. The first-order valence-corrected chi connectivity index (χ1v) is 10.5. The van der Waals surface area contributed by atoms with Crippen LogP contribution in [0.3, 0.4) is 0 Å². The highest BCUT2D eigenvalue weighted by molar-refractivity contribution is 5.88. The summed E-state index contributed by atoms with van der Waals surface area (Å²) < 4.78 is 3.70. The molecule has 0 radical (unpaired) electrons. The van der Waals surface area contributed by atoms with Gasteiger partial charge in [0, 0.05) is 18.1 Å². The van der Waals surface area contributed by atoms with Gasteiger partial charge in [0.15, 0.2) is 11.5 Å². The van der Waals surface area contributed by atoms with Crippen LogP contribution < -0.4 is 5.32 Å². The molecule has 0 saturated carbocycles. The zero-order chi connectivity index (χ0) is 20.7. The van der Waals surface area contributed by atoms with Gasteiger partial charge in [-0.05, 0) is 68.0 Å². The van der Waals surface area contributed by atoms with Crippen molar-refractivity contribution in [2.75, 3.05) is 0 Å². The molecular weight excluding hydrogens is 374 g/mol. The van der Waals surface area contributed by atoms with Gasteiger partial charge in [-0.1, -0.05) is 24.3 Å². The summed E-state index contributed by atoms with van der Waals surface area (Å²) in [5.74, 6) is 0.761. The topological polar surface area (TPSA) is 64.7 Å². The Morgan fingerprint density at radius 1 is 1.17 bits per heavy atom. The van der Waals surface area contributed by atoms with E-state index < -0.39 is 0 Å². The van der Waals surface area contributed by atoms with Crippen LogP contribution in [0.5, 0.6) is 0 Å². The normalized spacial score (nSPS) is 15.9. The van der Waals surface area contributed by atoms with Crippen molar-refractivity contribution in [3.05, 3.63) is 77.2 Å². The lowest BCUT2D eigenvalue weighted by molar-refractivity contribution is -0.122. The van der Waals surface area contributed by atoms with E-state index in [1.165, 1.54) is 11.1 Å². The third-order valence-corrected chi connectivity index (χ3v) is 5.86. The fraction of sp³-hybridized carbons (Fsp3) is 0.292. The zero-order valence-electron chi connectivity index (χ0n) is 17.3. The van der Waals surface area contributed by atoms with Gasteiger partial charge < -0.3 is 9.88 Å². The summed E-state index contributed by atoms with van der Waals surface area (Å²) in [6.45, 7) is 4.18. The van der Waals surface area contributed by atoms with Crippen LogP contribution in [-0.4, -0.2) is 25.2 Å². The van der Waals surface area contributed by atoms with E-state index in [4.69, 9.17) is 10.1 Å². The van der Waals surface area contributed by atoms with Crippen LogP contribution in [0.15, 0.2) is 54.9 Å². The minimum atomic E-state index is -0.0406. The Morgan fingerprint density at radius 3 is 2.80 bits per heavy atom. The minimum absolute atomic E-state index is 0.0406. The summed E-state index contributed by atoms with van der Waals surface area (Å²) in [7, 11) is 0. The maximum Gasteiger partial charge on any atom is 0.242 e. The zero-order valence-corrected chi connectivity index (χ0v) is 17.3. The smallest absolute Gasteiger partial charge is 0.242 e. The molecule has 5 rings (SSSR count). The Hall–Kier alpha value is -3.41. The fourth-order valence-electron chi connectivity index (χ4n) is 4.54. The third-order valence-electron chi connectivity index (χ3n) is 5.86. The number of rotatable bonds is 4. The van der Waals surface area contributed by atoms with E-state index in [0.717, 1.165) is 47.4 Å². The van der Waals surface area contributed by atoms with Crippen LogP contribution in [0.2, 0.25) is 0 Å². The van der Waals surface area contributed by atoms with Gasteiger partial charge in [0.05, 0.1) is 11.4 Å². The molecular formula is C24H25N5O. The van der Waals surface area contributed by atoms with Crippen LogP contribution >= 0.6 is 0 Å². The number of nitrogens with one attached hydrogen (secondary N) is 1. The molecule has 1 aliphatic carbocycles. The quantitative estimate of drug-likeness (QED) is 0.563. The SMILES string of the molecule is Cc1cc(C)c2c(-n3cccc3)nn(CC(=O)N[C@H]3CCCc4ccccc43)c2n1. The maximum absolute atomic E-state index is 13.0. The molecule has 0 spiro atoms. The Bertz CT molecular complexity index is 1220. The fourth-order valence-corrected chi connectivity index (χ4v) is 4.54. The van der Waals surface area contributed by atoms with Crippen molar-refractivity contribution in [1.82, 2.24) is 24.6 Å². The summed E-state index contributed by atoms with van der Waals surface area (Å²) in [5.41, 5.74) is 5.34. The molecule has 3 aromatic heterocycles. The molecule has 3 heterocycles. The van der Waals surface area contributed by atoms with Crippen LogP contribution in [0, 0.1) is 13.8 Å². The lowest BCUT2D eigenvalue weighted by atomic mass is 9.88. The first kappa shape index (κ1) is 18.6. The molecule has 6 nitrogen and oxygen atoms in total. The van der Waals surface area contributed by atoms with Crippen LogP contribution in [0.1, 0.15) is 41.3 Å². The van der Waals surface area contributed by atoms with E-state index in [-0.39, 0.29) is 18.5 Å². The lowest BCUT2D eigenvalue weighted by Gasteiger charge is -2.26. The molecule has 0 fully saturated rings. The number of pyridine rings is 1. The van der Waals surface area contributed by atoms with Gasteiger partial charge in [0.25, 0.3) is 0 Å². The first-order chi connectivity index (χ1) is 14.6. The van der Waals surface area contributed by atoms with Gasteiger partial charge in [-0.3, -0.25) is 4.79 Å². The van der Waals surface area contributed by atoms with E-state index in [1.807, 2.05) is 42.1 Å². The van der Waals surface area contributed by atoms with Gasteiger partial charge in [-0.25, -0.2) is 9.67 Å². The number of aromatic nitrogens is 4. The number of carbonyl (C=O) groups is 1. The minimum Gasteiger partial charge on any atom is -0.348 e. The van der Waals surface area contributed by atoms with Crippen molar-refractivity contribution in [1.29, 1.82) is 0 Å². The average Bonchev–Trinajstić information content (AvgIpc) is 3.37. The predicted octanol–water partition coefficient (Wildman–Crippen LogP) is 4.03. The third kappa shape index (κ3) is 3.28. The molecule has 0 aliphatic heterocycles. The molecule has 1 N–H and O–H groups in total. The summed E-state index contributed by atoms with van der Waals surface area (Å²) in [6.07, 6.45) is 7.06. The van der Waals surface area contributed by atoms with E-state index in [0.29, 0.717) is 0 Å². The second-order valence-corrected chi connectivity index (χ2v) is 8.06. The first-order valence-electron chi connectivity index (χ1n) is 10.5. The number of carbonyl (C=O) groups excluding carboxylic acids is 1. The molecule has 0 bridgehead atoms. The summed E-state index contributed by atoms with van der Waals surface area (Å²) in [5, 5.41) is 8.97. The lowest BCUT2D eigenvalue weighted by Crippen LogP contribution is -2.33. The number of hydrogen-bond acceptors (Lipinski definition) is 3. The Labute approximate surface area is 175 Å². The molecule has 4 aromatic rings. The molecule has 6 heteroatoms. The van der Waals surface area contributed by atoms with E-state index >= 15 is 0 Å². The van der Waals surface area contributed by atoms with E-state index in [9.17, 15) is 4.79 Å². The standard InChI is InChI=1S/C24H25N5O/c1-16-14-17(2)25-23-22(16)24(28-12-5-6-13-28)27-29(23)15-21(30)26-20-11-7-9-18-8-3-4-10-19(18)20/h3-6,8,10,12-14,20H,7,9,11,15H2,1-2H3,(H,26,30)/t20-/m0/s1. The number of hydrogen-bond donors (Lipinski definition) is 1. The van der Waals surface area contributed by atoms with E-state index in [2.05, 4.69) is 36.5 Å². The maximum atomic E-state index is 13.0. The van der Waals surface area contributed by atoms with Crippen molar-refractivity contribution in [2.45, 2.75) is 45.7 Å². The second-order valence-electron chi connectivity index (χ2n) is 8.06. The number of fused-ring (bicyclic) bond motifs is 2. The monoisotopic (exact) mass is 399 g/mol. The summed E-state index contributed by atoms with van der Waals surface area (Å²) in [4.78, 5) is 17.7. The summed E-state index contributed by atoms with van der Waals surface area (Å²) in [6, 6.07) is 14.4. The Balaban J connectivity index is 1.47. The number of amides is 1. The molecule has 30 heavy (non-hydrogen) atoms. The van der Waals surface area contributed by atoms with E-state index in [1.54, 1.807) is 4.68 Å². The summed E-state index contributed by atoms with van der Waals surface area (Å²) >= 11 is 0. The Morgan fingerprint density at radius 2 is 1.97 bits per heavy atom. The van der Waals surface area contributed by atoms with Crippen LogP contribution in [0.25, 0.3) is 16.9 Å². The number of benzene rings is 1. The van der Waals surface area contributed by atoms with Crippen molar-refractivity contribution in [3.8, 4) is 5.82 Å². The molecule has 152 valence electrons. The van der Waals surface area contributed by atoms with Crippen LogP contribution in [0.4, 0.5) is 0 Å². The second kappa shape index (κ2) is 7.44. The Kier molecular flexibility index (Phi) is 4.62. The molecule has 1 amide bonds. The van der Waals surface area contributed by atoms with Gasteiger partial charge in [-0.2, -0.15) is 5.10 Å². The van der Waals surface area contributed by atoms with Gasteiger partial charge in [-0.15, -0.1) is 0 Å². The molecule has 0 saturated heterocycles. The van der Waals surface area contributed by atoms with Crippen molar-refractivity contribution >= 4 is 16.9 Å². The molecule has 1 aliphatic rings. The predicted molar refractivity (Wildman–Crippen MR) is 117 cm³/mol. The van der Waals surface area contributed by atoms with Crippen molar-refractivity contribution in [2.24, 2.45) is 0 Å². The highest BCUT2D eigenvalue weighted by Crippen LogP contribution is 2.30. The van der Waals surface area contributed by atoms with Gasteiger partial charge in [0.2, 0.25) is 5.91 Å². The molecule has 1 aromatic carbocycles.